The summed E-state index contributed by atoms with van der Waals surface area (Å²) in [4.78, 5) is 11.1. The maximum Gasteiger partial charge on any atom is 0.0235 e. The fraction of sp³-hybridized carbons (Fsp3) is 0.636. The van der Waals surface area contributed by atoms with Crippen LogP contribution < -0.4 is 0 Å². The van der Waals surface area contributed by atoms with Crippen molar-refractivity contribution in [2.24, 2.45) is 0 Å². The van der Waals surface area contributed by atoms with Crippen molar-refractivity contribution in [3.8, 4) is 0 Å². The van der Waals surface area contributed by atoms with Crippen molar-refractivity contribution in [1.29, 1.82) is 0 Å². The molecular formula is C33H48N4. The van der Waals surface area contributed by atoms with Crippen molar-refractivity contribution >= 4 is 0 Å². The molecule has 2 aromatic rings. The first kappa shape index (κ1) is 25.6. The predicted octanol–water partition coefficient (Wildman–Crippen LogP) is 5.28. The highest BCUT2D eigenvalue weighted by Gasteiger charge is 2.54. The van der Waals surface area contributed by atoms with Gasteiger partial charge >= 0.3 is 0 Å². The number of likely N-dealkylation sites (tertiary alicyclic amines) is 1. The molecule has 2 aromatic carbocycles. The van der Waals surface area contributed by atoms with E-state index in [1.54, 1.807) is 11.1 Å². The van der Waals surface area contributed by atoms with E-state index in [2.05, 4.69) is 87.3 Å². The van der Waals surface area contributed by atoms with E-state index >= 15 is 0 Å². The maximum atomic E-state index is 2.96. The smallest absolute Gasteiger partial charge is 0.0235 e. The fourth-order valence-electron chi connectivity index (χ4n) is 8.31. The quantitative estimate of drug-likeness (QED) is 0.512. The van der Waals surface area contributed by atoms with Gasteiger partial charge in [0.15, 0.2) is 0 Å². The van der Waals surface area contributed by atoms with E-state index in [-0.39, 0.29) is 0 Å². The van der Waals surface area contributed by atoms with Crippen LogP contribution in [-0.4, -0.2) is 97.1 Å². The molecule has 7 rings (SSSR count). The van der Waals surface area contributed by atoms with E-state index in [9.17, 15) is 0 Å². The van der Waals surface area contributed by atoms with Crippen molar-refractivity contribution in [1.82, 2.24) is 19.6 Å². The molecule has 4 heteroatoms. The van der Waals surface area contributed by atoms with Gasteiger partial charge in [-0.3, -0.25) is 9.80 Å². The van der Waals surface area contributed by atoms with E-state index in [1.165, 1.54) is 104 Å². The van der Waals surface area contributed by atoms with Crippen LogP contribution in [0.5, 0.6) is 0 Å². The van der Waals surface area contributed by atoms with Gasteiger partial charge in [0.1, 0.15) is 0 Å². The molecule has 0 N–H and O–H groups in total. The zero-order valence-electron chi connectivity index (χ0n) is 23.1. The van der Waals surface area contributed by atoms with Crippen molar-refractivity contribution in [2.75, 3.05) is 66.0 Å². The standard InChI is InChI=1S/C33H48N4/c1-34-22-24-37(25-23-34)33-16-21-36(20-11-19-35-17-9-4-10-18-35)32(30(26-33)28-12-5-2-6-13-28)31(27-33)29-14-7-3-8-15-29/h2-3,5-8,12-15,30-32H,4,9-11,16-27H2,1H3/t30-,31-,32?,33?/m1/s1. The van der Waals surface area contributed by atoms with Gasteiger partial charge in [0.05, 0.1) is 0 Å². The average molecular weight is 501 g/mol. The second-order valence-corrected chi connectivity index (χ2v) is 12.5. The first-order valence-electron chi connectivity index (χ1n) is 15.2. The highest BCUT2D eigenvalue weighted by Crippen LogP contribution is 2.54. The van der Waals surface area contributed by atoms with Crippen molar-refractivity contribution in [2.45, 2.75) is 68.4 Å². The van der Waals surface area contributed by atoms with Crippen LogP contribution in [0.15, 0.2) is 60.7 Å². The molecule has 200 valence electrons. The summed E-state index contributed by atoms with van der Waals surface area (Å²) in [5, 5.41) is 0. The Labute approximate surface area is 225 Å². The zero-order chi connectivity index (χ0) is 25.1. The average Bonchev–Trinajstić information content (AvgIpc) is 3.22. The Kier molecular flexibility index (Phi) is 7.99. The van der Waals surface area contributed by atoms with Gasteiger partial charge in [0.2, 0.25) is 0 Å². The lowest BCUT2D eigenvalue weighted by molar-refractivity contribution is -0.0000391. The van der Waals surface area contributed by atoms with Crippen LogP contribution in [0.25, 0.3) is 0 Å². The van der Waals surface area contributed by atoms with Crippen LogP contribution in [0.2, 0.25) is 0 Å². The van der Waals surface area contributed by atoms with E-state index in [1.807, 2.05) is 0 Å². The Morgan fingerprint density at radius 3 is 1.86 bits per heavy atom. The molecule has 1 saturated carbocycles. The molecule has 0 unspecified atom stereocenters. The lowest BCUT2D eigenvalue weighted by atomic mass is 9.63. The molecule has 4 aliphatic heterocycles. The van der Waals surface area contributed by atoms with Crippen LogP contribution in [0, 0.1) is 0 Å². The minimum atomic E-state index is 0.306. The number of piperidine rings is 1. The van der Waals surface area contributed by atoms with Crippen LogP contribution >= 0.6 is 0 Å². The molecule has 5 fully saturated rings. The molecule has 0 aromatic heterocycles. The molecule has 4 saturated heterocycles. The third-order valence-electron chi connectivity index (χ3n) is 10.3. The van der Waals surface area contributed by atoms with Crippen LogP contribution in [0.4, 0.5) is 0 Å². The van der Waals surface area contributed by atoms with Crippen molar-refractivity contribution in [3.63, 3.8) is 0 Å². The number of benzene rings is 2. The van der Waals surface area contributed by atoms with Gasteiger partial charge in [-0.25, -0.2) is 0 Å². The zero-order valence-corrected chi connectivity index (χ0v) is 23.1. The number of hydrogen-bond donors (Lipinski definition) is 0. The Balaban J connectivity index is 1.33. The minimum Gasteiger partial charge on any atom is -0.304 e. The number of nitrogens with zero attached hydrogens (tertiary/aromatic N) is 4. The Morgan fingerprint density at radius 1 is 0.676 bits per heavy atom. The number of piperazine rings is 1. The van der Waals surface area contributed by atoms with Crippen LogP contribution in [0.1, 0.15) is 67.9 Å². The van der Waals surface area contributed by atoms with Gasteiger partial charge < -0.3 is 9.80 Å². The molecule has 2 bridgehead atoms. The number of fused-ring (bicyclic) bond motifs is 4. The van der Waals surface area contributed by atoms with E-state index in [4.69, 9.17) is 0 Å². The SMILES string of the molecule is CN1CCN(C23CCN(CCCN4CCCCC4)C([C@@H](c4ccccc4)C2)[C@@H](c2ccccc2)C3)CC1. The number of likely N-dealkylation sites (N-methyl/N-ethyl adjacent to an activating group) is 1. The first-order valence-corrected chi connectivity index (χ1v) is 15.2. The summed E-state index contributed by atoms with van der Waals surface area (Å²) in [6.45, 7) is 11.3. The van der Waals surface area contributed by atoms with Gasteiger partial charge in [-0.15, -0.1) is 0 Å². The summed E-state index contributed by atoms with van der Waals surface area (Å²) >= 11 is 0. The highest BCUT2D eigenvalue weighted by molar-refractivity contribution is 5.32. The number of rotatable bonds is 7. The van der Waals surface area contributed by atoms with Crippen LogP contribution in [-0.2, 0) is 0 Å². The Morgan fingerprint density at radius 2 is 1.27 bits per heavy atom. The molecule has 5 aliphatic rings. The maximum absolute atomic E-state index is 2.96. The van der Waals surface area contributed by atoms with E-state index < -0.39 is 0 Å². The second-order valence-electron chi connectivity index (χ2n) is 12.5. The molecule has 0 amide bonds. The minimum absolute atomic E-state index is 0.306. The van der Waals surface area contributed by atoms with Gasteiger partial charge in [-0.05, 0) is 82.9 Å². The van der Waals surface area contributed by atoms with Gasteiger partial charge in [0.25, 0.3) is 0 Å². The molecular weight excluding hydrogens is 452 g/mol. The molecule has 0 radical (unpaired) electrons. The molecule has 1 aliphatic carbocycles. The van der Waals surface area contributed by atoms with Crippen LogP contribution in [0.3, 0.4) is 0 Å². The number of hydrogen-bond acceptors (Lipinski definition) is 4. The monoisotopic (exact) mass is 500 g/mol. The molecule has 4 nitrogen and oxygen atoms in total. The van der Waals surface area contributed by atoms with Gasteiger partial charge in [0, 0.05) is 56.1 Å². The third-order valence-corrected chi connectivity index (χ3v) is 10.3. The summed E-state index contributed by atoms with van der Waals surface area (Å²) < 4.78 is 0. The molecule has 2 atom stereocenters. The summed E-state index contributed by atoms with van der Waals surface area (Å²) in [6, 6.07) is 23.8. The van der Waals surface area contributed by atoms with Crippen molar-refractivity contribution < 1.29 is 0 Å². The highest BCUT2D eigenvalue weighted by atomic mass is 15.3. The van der Waals surface area contributed by atoms with E-state index in [0.717, 1.165) is 0 Å². The van der Waals surface area contributed by atoms with Crippen molar-refractivity contribution in [3.05, 3.63) is 71.8 Å². The lowest BCUT2D eigenvalue weighted by Gasteiger charge is -2.54. The predicted molar refractivity (Wildman–Crippen MR) is 154 cm³/mol. The largest absolute Gasteiger partial charge is 0.304 e. The summed E-state index contributed by atoms with van der Waals surface area (Å²) in [7, 11) is 2.29. The first-order chi connectivity index (χ1) is 18.2. The summed E-state index contributed by atoms with van der Waals surface area (Å²) in [5.41, 5.74) is 3.43. The summed E-state index contributed by atoms with van der Waals surface area (Å²) in [6.07, 6.45) is 9.48. The Bertz CT molecular complexity index is 915. The van der Waals surface area contributed by atoms with Gasteiger partial charge in [-0.2, -0.15) is 0 Å². The van der Waals surface area contributed by atoms with Gasteiger partial charge in [-0.1, -0.05) is 67.1 Å². The molecule has 0 spiro atoms. The van der Waals surface area contributed by atoms with E-state index in [0.29, 0.717) is 23.4 Å². The molecule has 4 heterocycles. The third kappa shape index (κ3) is 5.54. The lowest BCUT2D eigenvalue weighted by Crippen LogP contribution is -2.59. The second kappa shape index (κ2) is 11.6. The molecule has 37 heavy (non-hydrogen) atoms. The fourth-order valence-corrected chi connectivity index (χ4v) is 8.31. The topological polar surface area (TPSA) is 13.0 Å². The normalized spacial score (nSPS) is 32.4. The summed E-state index contributed by atoms with van der Waals surface area (Å²) in [5.74, 6) is 1.19. The Hall–Kier alpha value is -1.72.